The Morgan fingerprint density at radius 3 is 2.53 bits per heavy atom. The van der Waals surface area contributed by atoms with Crippen molar-refractivity contribution < 1.29 is 0 Å². The van der Waals surface area contributed by atoms with E-state index in [0.29, 0.717) is 11.5 Å². The fourth-order valence-electron chi connectivity index (χ4n) is 2.29. The highest BCUT2D eigenvalue weighted by molar-refractivity contribution is 4.81. The third kappa shape index (κ3) is 4.98. The molecular formula is C13H28N2. The number of nitrogens with one attached hydrogen (secondary N) is 1. The molecule has 1 fully saturated rings. The SMILES string of the molecule is CC(C)C1CN(CC(C)(C)C)CCCN1. The summed E-state index contributed by atoms with van der Waals surface area (Å²) in [4.78, 5) is 2.63. The molecule has 1 atom stereocenters. The van der Waals surface area contributed by atoms with Crippen LogP contribution in [-0.2, 0) is 0 Å². The smallest absolute Gasteiger partial charge is 0.0217 e. The molecule has 0 aromatic carbocycles. The summed E-state index contributed by atoms with van der Waals surface area (Å²) in [6.07, 6.45) is 1.29. The lowest BCUT2D eigenvalue weighted by atomic mass is 9.95. The zero-order chi connectivity index (χ0) is 11.5. The van der Waals surface area contributed by atoms with Crippen LogP contribution < -0.4 is 5.32 Å². The first kappa shape index (κ1) is 13.0. The minimum Gasteiger partial charge on any atom is -0.312 e. The summed E-state index contributed by atoms with van der Waals surface area (Å²) in [5, 5.41) is 3.66. The van der Waals surface area contributed by atoms with Gasteiger partial charge in [-0.05, 0) is 30.8 Å². The van der Waals surface area contributed by atoms with E-state index in [0.717, 1.165) is 5.92 Å². The first-order valence-electron chi connectivity index (χ1n) is 6.34. The maximum absolute atomic E-state index is 3.66. The van der Waals surface area contributed by atoms with E-state index in [1.807, 2.05) is 0 Å². The van der Waals surface area contributed by atoms with Crippen LogP contribution in [0.15, 0.2) is 0 Å². The molecule has 0 saturated carbocycles. The molecule has 0 spiro atoms. The highest BCUT2D eigenvalue weighted by Gasteiger charge is 2.23. The Balaban J connectivity index is 2.49. The average Bonchev–Trinajstić information content (AvgIpc) is 2.26. The van der Waals surface area contributed by atoms with Crippen LogP contribution in [0.25, 0.3) is 0 Å². The molecule has 0 aromatic rings. The van der Waals surface area contributed by atoms with Crippen molar-refractivity contribution in [3.8, 4) is 0 Å². The Hall–Kier alpha value is -0.0800. The van der Waals surface area contributed by atoms with Crippen LogP contribution in [0.5, 0.6) is 0 Å². The molecule has 1 heterocycles. The molecule has 0 aromatic heterocycles. The van der Waals surface area contributed by atoms with Gasteiger partial charge in [0.1, 0.15) is 0 Å². The van der Waals surface area contributed by atoms with Crippen LogP contribution in [0.4, 0.5) is 0 Å². The lowest BCUT2D eigenvalue weighted by Gasteiger charge is -2.31. The van der Waals surface area contributed by atoms with E-state index in [1.54, 1.807) is 0 Å². The van der Waals surface area contributed by atoms with E-state index < -0.39 is 0 Å². The zero-order valence-corrected chi connectivity index (χ0v) is 11.1. The minimum absolute atomic E-state index is 0.422. The van der Waals surface area contributed by atoms with Gasteiger partial charge in [-0.3, -0.25) is 0 Å². The largest absolute Gasteiger partial charge is 0.312 e. The van der Waals surface area contributed by atoms with Gasteiger partial charge in [-0.1, -0.05) is 34.6 Å². The molecule has 1 unspecified atom stereocenters. The van der Waals surface area contributed by atoms with Gasteiger partial charge in [-0.2, -0.15) is 0 Å². The summed E-state index contributed by atoms with van der Waals surface area (Å²) in [6, 6.07) is 0.676. The van der Waals surface area contributed by atoms with Crippen molar-refractivity contribution in [2.75, 3.05) is 26.2 Å². The van der Waals surface area contributed by atoms with Crippen molar-refractivity contribution in [3.63, 3.8) is 0 Å². The predicted molar refractivity (Wildman–Crippen MR) is 67.1 cm³/mol. The van der Waals surface area contributed by atoms with Crippen LogP contribution in [0.2, 0.25) is 0 Å². The molecule has 0 radical (unpaired) electrons. The summed E-state index contributed by atoms with van der Waals surface area (Å²) < 4.78 is 0. The predicted octanol–water partition coefficient (Wildman–Crippen LogP) is 2.35. The fraction of sp³-hybridized carbons (Fsp3) is 1.00. The van der Waals surface area contributed by atoms with E-state index >= 15 is 0 Å². The molecule has 0 aliphatic carbocycles. The van der Waals surface area contributed by atoms with Crippen molar-refractivity contribution in [3.05, 3.63) is 0 Å². The molecule has 1 aliphatic heterocycles. The van der Waals surface area contributed by atoms with Gasteiger partial charge >= 0.3 is 0 Å². The van der Waals surface area contributed by atoms with Crippen LogP contribution >= 0.6 is 0 Å². The quantitative estimate of drug-likeness (QED) is 0.756. The molecular weight excluding hydrogens is 184 g/mol. The summed E-state index contributed by atoms with van der Waals surface area (Å²) in [5.74, 6) is 0.741. The molecule has 2 heteroatoms. The van der Waals surface area contributed by atoms with Gasteiger partial charge in [0.15, 0.2) is 0 Å². The first-order chi connectivity index (χ1) is 6.88. The van der Waals surface area contributed by atoms with Gasteiger partial charge in [-0.25, -0.2) is 0 Å². The molecule has 1 N–H and O–H groups in total. The van der Waals surface area contributed by atoms with Gasteiger partial charge < -0.3 is 10.2 Å². The second kappa shape index (κ2) is 5.31. The molecule has 90 valence electrons. The summed E-state index contributed by atoms with van der Waals surface area (Å²) in [5.41, 5.74) is 0.422. The van der Waals surface area contributed by atoms with E-state index in [9.17, 15) is 0 Å². The molecule has 1 aliphatic rings. The van der Waals surface area contributed by atoms with Crippen molar-refractivity contribution in [2.45, 2.75) is 47.1 Å². The first-order valence-corrected chi connectivity index (χ1v) is 6.34. The molecule has 1 rings (SSSR count). The lowest BCUT2D eigenvalue weighted by molar-refractivity contribution is 0.178. The Kier molecular flexibility index (Phi) is 4.60. The highest BCUT2D eigenvalue weighted by atomic mass is 15.2. The fourth-order valence-corrected chi connectivity index (χ4v) is 2.29. The Morgan fingerprint density at radius 1 is 1.33 bits per heavy atom. The zero-order valence-electron chi connectivity index (χ0n) is 11.1. The lowest BCUT2D eigenvalue weighted by Crippen LogP contribution is -2.43. The third-order valence-electron chi connectivity index (χ3n) is 3.02. The van der Waals surface area contributed by atoms with Crippen LogP contribution in [0, 0.1) is 11.3 Å². The molecule has 2 nitrogen and oxygen atoms in total. The Bertz CT molecular complexity index is 181. The van der Waals surface area contributed by atoms with E-state index in [2.05, 4.69) is 44.8 Å². The standard InChI is InChI=1S/C13H28N2/c1-11(2)12-9-15(8-6-7-14-12)10-13(3,4)5/h11-12,14H,6-10H2,1-5H3. The number of nitrogens with zero attached hydrogens (tertiary/aromatic N) is 1. The Labute approximate surface area is 95.4 Å². The van der Waals surface area contributed by atoms with Crippen LogP contribution in [0.3, 0.4) is 0 Å². The van der Waals surface area contributed by atoms with Gasteiger partial charge in [0.05, 0.1) is 0 Å². The maximum atomic E-state index is 3.66. The van der Waals surface area contributed by atoms with Gasteiger partial charge in [0, 0.05) is 19.1 Å². The van der Waals surface area contributed by atoms with Gasteiger partial charge in [0.25, 0.3) is 0 Å². The van der Waals surface area contributed by atoms with Crippen molar-refractivity contribution in [2.24, 2.45) is 11.3 Å². The highest BCUT2D eigenvalue weighted by Crippen LogP contribution is 2.17. The van der Waals surface area contributed by atoms with E-state index in [-0.39, 0.29) is 0 Å². The van der Waals surface area contributed by atoms with Gasteiger partial charge in [0.2, 0.25) is 0 Å². The monoisotopic (exact) mass is 212 g/mol. The molecule has 0 bridgehead atoms. The number of rotatable bonds is 2. The second-order valence-electron chi connectivity index (χ2n) is 6.45. The number of hydrogen-bond donors (Lipinski definition) is 1. The summed E-state index contributed by atoms with van der Waals surface area (Å²) >= 11 is 0. The van der Waals surface area contributed by atoms with Crippen molar-refractivity contribution >= 4 is 0 Å². The van der Waals surface area contributed by atoms with E-state index in [1.165, 1.54) is 32.6 Å². The molecule has 1 saturated heterocycles. The summed E-state index contributed by atoms with van der Waals surface area (Å²) in [7, 11) is 0. The molecule has 15 heavy (non-hydrogen) atoms. The van der Waals surface area contributed by atoms with Crippen LogP contribution in [-0.4, -0.2) is 37.1 Å². The van der Waals surface area contributed by atoms with Crippen molar-refractivity contribution in [1.82, 2.24) is 10.2 Å². The Morgan fingerprint density at radius 2 is 2.00 bits per heavy atom. The van der Waals surface area contributed by atoms with Crippen LogP contribution in [0.1, 0.15) is 41.0 Å². The maximum Gasteiger partial charge on any atom is 0.0217 e. The molecule has 0 amide bonds. The summed E-state index contributed by atoms with van der Waals surface area (Å²) in [6.45, 7) is 16.5. The third-order valence-corrected chi connectivity index (χ3v) is 3.02. The minimum atomic E-state index is 0.422. The van der Waals surface area contributed by atoms with E-state index in [4.69, 9.17) is 0 Å². The topological polar surface area (TPSA) is 15.3 Å². The second-order valence-corrected chi connectivity index (χ2v) is 6.45. The van der Waals surface area contributed by atoms with Crippen molar-refractivity contribution in [1.29, 1.82) is 0 Å². The number of hydrogen-bond acceptors (Lipinski definition) is 2. The normalized spacial score (nSPS) is 25.6. The van der Waals surface area contributed by atoms with Gasteiger partial charge in [-0.15, -0.1) is 0 Å². The average molecular weight is 212 g/mol.